The molecule has 0 atom stereocenters. The van der Waals surface area contributed by atoms with E-state index in [2.05, 4.69) is 41.8 Å². The molecule has 0 fully saturated rings. The fraction of sp³-hybridized carbons (Fsp3) is 0.200. The van der Waals surface area contributed by atoms with Crippen LogP contribution in [0.2, 0.25) is 0 Å². The summed E-state index contributed by atoms with van der Waals surface area (Å²) in [6.07, 6.45) is 2.02. The lowest BCUT2D eigenvalue weighted by Crippen LogP contribution is -2.13. The molecule has 0 saturated carbocycles. The second-order valence-corrected chi connectivity index (χ2v) is 2.93. The highest BCUT2D eigenvalue weighted by Gasteiger charge is 2.06. The third-order valence-corrected chi connectivity index (χ3v) is 2.06. The maximum absolute atomic E-state index is 3.26. The van der Waals surface area contributed by atoms with Crippen molar-refractivity contribution in [2.45, 2.75) is 6.92 Å². The molecule has 0 radical (unpaired) electrons. The Kier molecular flexibility index (Phi) is 1.74. The van der Waals surface area contributed by atoms with Gasteiger partial charge in [0.1, 0.15) is 0 Å². The highest BCUT2D eigenvalue weighted by atomic mass is 15.1. The van der Waals surface area contributed by atoms with Gasteiger partial charge in [-0.3, -0.25) is 0 Å². The number of rotatable bonds is 1. The summed E-state index contributed by atoms with van der Waals surface area (Å²) in [7, 11) is 0. The van der Waals surface area contributed by atoms with Gasteiger partial charge in [-0.25, -0.2) is 0 Å². The van der Waals surface area contributed by atoms with Crippen LogP contribution in [0.1, 0.15) is 11.1 Å². The molecule has 1 aliphatic rings. The number of aryl methyl sites for hydroxylation is 1. The van der Waals surface area contributed by atoms with Gasteiger partial charge in [-0.15, -0.1) is 0 Å². The smallest absolute Gasteiger partial charge is 0.0846 e. The van der Waals surface area contributed by atoms with Crippen LogP contribution in [-0.4, -0.2) is 6.67 Å². The minimum atomic E-state index is 0.837. The van der Waals surface area contributed by atoms with Crippen molar-refractivity contribution in [2.75, 3.05) is 6.67 Å². The van der Waals surface area contributed by atoms with Crippen LogP contribution in [0.25, 0.3) is 5.70 Å². The Morgan fingerprint density at radius 1 is 1.25 bits per heavy atom. The van der Waals surface area contributed by atoms with Crippen LogP contribution in [-0.2, 0) is 0 Å². The van der Waals surface area contributed by atoms with Crippen molar-refractivity contribution in [3.05, 3.63) is 41.6 Å². The molecule has 2 rings (SSSR count). The van der Waals surface area contributed by atoms with E-state index >= 15 is 0 Å². The summed E-state index contributed by atoms with van der Waals surface area (Å²) in [6, 6.07) is 8.36. The molecule has 2 heteroatoms. The Morgan fingerprint density at radius 2 is 2.08 bits per heavy atom. The predicted molar refractivity (Wildman–Crippen MR) is 50.3 cm³/mol. The second-order valence-electron chi connectivity index (χ2n) is 2.93. The molecule has 1 aromatic carbocycles. The molecule has 2 N–H and O–H groups in total. The topological polar surface area (TPSA) is 24.1 Å². The quantitative estimate of drug-likeness (QED) is 0.649. The van der Waals surface area contributed by atoms with Crippen molar-refractivity contribution in [1.29, 1.82) is 0 Å². The zero-order chi connectivity index (χ0) is 8.39. The Bertz CT molecular complexity index is 315. The third-order valence-electron chi connectivity index (χ3n) is 2.06. The Hall–Kier alpha value is -1.44. The Balaban J connectivity index is 2.39. The largest absolute Gasteiger partial charge is 0.372 e. The summed E-state index contributed by atoms with van der Waals surface area (Å²) in [6.45, 7) is 2.96. The molecule has 0 unspecified atom stereocenters. The van der Waals surface area contributed by atoms with E-state index in [0.29, 0.717) is 0 Å². The molecule has 0 aromatic heterocycles. The lowest BCUT2D eigenvalue weighted by molar-refractivity contribution is 0.842. The molecule has 0 amide bonds. The van der Waals surface area contributed by atoms with Crippen molar-refractivity contribution in [1.82, 2.24) is 10.6 Å². The number of benzene rings is 1. The summed E-state index contributed by atoms with van der Waals surface area (Å²) in [5, 5.41) is 6.39. The second kappa shape index (κ2) is 2.89. The van der Waals surface area contributed by atoms with Crippen LogP contribution in [0.3, 0.4) is 0 Å². The van der Waals surface area contributed by atoms with E-state index in [4.69, 9.17) is 0 Å². The van der Waals surface area contributed by atoms with Crippen molar-refractivity contribution in [3.63, 3.8) is 0 Å². The molecule has 2 nitrogen and oxygen atoms in total. The lowest BCUT2D eigenvalue weighted by atomic mass is 10.1. The molecule has 0 spiro atoms. The van der Waals surface area contributed by atoms with E-state index in [-0.39, 0.29) is 0 Å². The molecule has 0 saturated heterocycles. The molecular formula is C10H12N2. The monoisotopic (exact) mass is 160 g/mol. The van der Waals surface area contributed by atoms with Crippen LogP contribution in [0.5, 0.6) is 0 Å². The van der Waals surface area contributed by atoms with Gasteiger partial charge in [0.25, 0.3) is 0 Å². The molecule has 1 aliphatic heterocycles. The van der Waals surface area contributed by atoms with Crippen LogP contribution < -0.4 is 10.6 Å². The minimum absolute atomic E-state index is 0.837. The summed E-state index contributed by atoms with van der Waals surface area (Å²) in [5.41, 5.74) is 3.77. The average molecular weight is 160 g/mol. The normalized spacial score (nSPS) is 14.9. The van der Waals surface area contributed by atoms with Crippen molar-refractivity contribution < 1.29 is 0 Å². The Morgan fingerprint density at radius 3 is 2.75 bits per heavy atom. The van der Waals surface area contributed by atoms with Gasteiger partial charge in [0.15, 0.2) is 0 Å². The summed E-state index contributed by atoms with van der Waals surface area (Å²) in [4.78, 5) is 0. The van der Waals surface area contributed by atoms with Crippen LogP contribution in [0, 0.1) is 6.92 Å². The van der Waals surface area contributed by atoms with Crippen LogP contribution in [0.4, 0.5) is 0 Å². The van der Waals surface area contributed by atoms with E-state index in [1.807, 2.05) is 6.20 Å². The van der Waals surface area contributed by atoms with Crippen molar-refractivity contribution in [3.8, 4) is 0 Å². The third kappa shape index (κ3) is 1.16. The molecule has 1 heterocycles. The van der Waals surface area contributed by atoms with Gasteiger partial charge in [-0.05, 0) is 12.5 Å². The van der Waals surface area contributed by atoms with Gasteiger partial charge in [0, 0.05) is 11.8 Å². The maximum Gasteiger partial charge on any atom is 0.0846 e. The lowest BCUT2D eigenvalue weighted by Gasteiger charge is -2.05. The van der Waals surface area contributed by atoms with Gasteiger partial charge in [-0.2, -0.15) is 0 Å². The number of hydrogen-bond acceptors (Lipinski definition) is 2. The summed E-state index contributed by atoms with van der Waals surface area (Å²) >= 11 is 0. The van der Waals surface area contributed by atoms with Crippen molar-refractivity contribution in [2.24, 2.45) is 0 Å². The number of hydrogen-bond donors (Lipinski definition) is 2. The molecule has 62 valence electrons. The highest BCUT2D eigenvalue weighted by molar-refractivity contribution is 5.67. The highest BCUT2D eigenvalue weighted by Crippen LogP contribution is 2.16. The predicted octanol–water partition coefficient (Wildman–Crippen LogP) is 1.44. The van der Waals surface area contributed by atoms with E-state index in [9.17, 15) is 0 Å². The van der Waals surface area contributed by atoms with Crippen molar-refractivity contribution >= 4 is 5.70 Å². The Labute approximate surface area is 72.3 Å². The summed E-state index contributed by atoms with van der Waals surface area (Å²) < 4.78 is 0. The molecule has 0 aliphatic carbocycles. The zero-order valence-electron chi connectivity index (χ0n) is 7.09. The standard InChI is InChI=1S/C10H12N2/c1-8-4-2-3-5-9(8)10-6-11-7-12-10/h2-6,11-12H,7H2,1H3. The van der Waals surface area contributed by atoms with Crippen LogP contribution in [0.15, 0.2) is 30.5 Å². The van der Waals surface area contributed by atoms with E-state index in [1.54, 1.807) is 0 Å². The first kappa shape index (κ1) is 7.22. The van der Waals surface area contributed by atoms with Gasteiger partial charge < -0.3 is 10.6 Å². The van der Waals surface area contributed by atoms with Gasteiger partial charge in [0.05, 0.1) is 12.4 Å². The molecule has 12 heavy (non-hydrogen) atoms. The minimum Gasteiger partial charge on any atom is -0.372 e. The molecular weight excluding hydrogens is 148 g/mol. The average Bonchev–Trinajstić information content (AvgIpc) is 2.57. The zero-order valence-corrected chi connectivity index (χ0v) is 7.09. The van der Waals surface area contributed by atoms with Gasteiger partial charge in [-0.1, -0.05) is 24.3 Å². The van der Waals surface area contributed by atoms with E-state index in [0.717, 1.165) is 6.67 Å². The summed E-state index contributed by atoms with van der Waals surface area (Å²) in [5.74, 6) is 0. The van der Waals surface area contributed by atoms with Crippen LogP contribution >= 0.6 is 0 Å². The van der Waals surface area contributed by atoms with Gasteiger partial charge in [0.2, 0.25) is 0 Å². The molecule has 0 bridgehead atoms. The maximum atomic E-state index is 3.26. The van der Waals surface area contributed by atoms with E-state index in [1.165, 1.54) is 16.8 Å². The first-order valence-corrected chi connectivity index (χ1v) is 4.11. The SMILES string of the molecule is Cc1ccccc1C1=CNCN1. The van der Waals surface area contributed by atoms with E-state index < -0.39 is 0 Å². The first-order chi connectivity index (χ1) is 5.88. The fourth-order valence-electron chi connectivity index (χ4n) is 1.40. The fourth-order valence-corrected chi connectivity index (χ4v) is 1.40. The van der Waals surface area contributed by atoms with Gasteiger partial charge >= 0.3 is 0 Å². The number of nitrogens with one attached hydrogen (secondary N) is 2. The first-order valence-electron chi connectivity index (χ1n) is 4.11. The molecule has 1 aromatic rings.